The highest BCUT2D eigenvalue weighted by molar-refractivity contribution is 4.97. The third kappa shape index (κ3) is 5.56. The van der Waals surface area contributed by atoms with E-state index in [2.05, 4.69) is 46.4 Å². The van der Waals surface area contributed by atoms with Gasteiger partial charge in [-0.3, -0.25) is 4.90 Å². The molecule has 126 valence electrons. The zero-order chi connectivity index (χ0) is 16.0. The molecule has 1 fully saturated rings. The Bertz CT molecular complexity index is 267. The number of hydrogen-bond donors (Lipinski definition) is 1. The van der Waals surface area contributed by atoms with Gasteiger partial charge in [0.25, 0.3) is 0 Å². The van der Waals surface area contributed by atoms with Crippen LogP contribution in [0.25, 0.3) is 0 Å². The molecule has 2 heteroatoms. The third-order valence-electron chi connectivity index (χ3n) is 4.89. The molecule has 0 aromatic rings. The van der Waals surface area contributed by atoms with Gasteiger partial charge in [0.2, 0.25) is 0 Å². The number of hydrogen-bond acceptors (Lipinski definition) is 2. The van der Waals surface area contributed by atoms with E-state index in [0.29, 0.717) is 11.8 Å². The fraction of sp³-hybridized carbons (Fsp3) is 1.00. The van der Waals surface area contributed by atoms with Crippen molar-refractivity contribution in [1.82, 2.24) is 4.90 Å². The summed E-state index contributed by atoms with van der Waals surface area (Å²) in [6.45, 7) is 16.1. The van der Waals surface area contributed by atoms with Gasteiger partial charge in [-0.25, -0.2) is 0 Å². The Morgan fingerprint density at radius 3 is 1.71 bits per heavy atom. The van der Waals surface area contributed by atoms with Crippen LogP contribution in [0.1, 0.15) is 80.1 Å². The lowest BCUT2D eigenvalue weighted by Gasteiger charge is -2.49. The fourth-order valence-corrected chi connectivity index (χ4v) is 4.46. The molecule has 0 radical (unpaired) electrons. The van der Waals surface area contributed by atoms with Crippen molar-refractivity contribution in [3.05, 3.63) is 0 Å². The molecule has 0 atom stereocenters. The zero-order valence-electron chi connectivity index (χ0n) is 15.5. The lowest BCUT2D eigenvalue weighted by Crippen LogP contribution is -2.59. The summed E-state index contributed by atoms with van der Waals surface area (Å²) in [5.74, 6) is 2.14. The molecule has 2 N–H and O–H groups in total. The van der Waals surface area contributed by atoms with E-state index in [1.54, 1.807) is 0 Å². The van der Waals surface area contributed by atoms with Gasteiger partial charge < -0.3 is 5.73 Å². The van der Waals surface area contributed by atoms with E-state index in [9.17, 15) is 0 Å². The molecular weight excluding hydrogens is 256 g/mol. The molecule has 0 aliphatic heterocycles. The number of nitrogens with zero attached hydrogens (tertiary/aromatic N) is 1. The van der Waals surface area contributed by atoms with Crippen molar-refractivity contribution >= 4 is 0 Å². The van der Waals surface area contributed by atoms with E-state index in [0.717, 1.165) is 18.5 Å². The summed E-state index contributed by atoms with van der Waals surface area (Å²) in [5.41, 5.74) is 6.62. The zero-order valence-corrected chi connectivity index (χ0v) is 15.5. The summed E-state index contributed by atoms with van der Waals surface area (Å²) in [6, 6.07) is 0.772. The summed E-state index contributed by atoms with van der Waals surface area (Å²) in [7, 11) is 0. The van der Waals surface area contributed by atoms with Gasteiger partial charge in [0.15, 0.2) is 0 Å². The SMILES string of the molecule is CC(C)CN(C1CCCC1)C(CN)(CC(C)C)CC(C)C. The van der Waals surface area contributed by atoms with E-state index in [1.165, 1.54) is 45.1 Å². The van der Waals surface area contributed by atoms with E-state index in [4.69, 9.17) is 5.73 Å². The highest BCUT2D eigenvalue weighted by Crippen LogP contribution is 2.37. The normalized spacial score (nSPS) is 17.9. The van der Waals surface area contributed by atoms with Crippen LogP contribution in [-0.2, 0) is 0 Å². The predicted molar refractivity (Wildman–Crippen MR) is 94.5 cm³/mol. The second-order valence-corrected chi connectivity index (χ2v) is 8.61. The molecule has 2 nitrogen and oxygen atoms in total. The Hall–Kier alpha value is -0.0800. The molecule has 1 aliphatic carbocycles. The van der Waals surface area contributed by atoms with Gasteiger partial charge in [-0.15, -0.1) is 0 Å². The fourth-order valence-electron chi connectivity index (χ4n) is 4.46. The quantitative estimate of drug-likeness (QED) is 0.669. The van der Waals surface area contributed by atoms with Gasteiger partial charge >= 0.3 is 0 Å². The van der Waals surface area contributed by atoms with Gasteiger partial charge in [0, 0.05) is 24.7 Å². The molecular formula is C19H40N2. The smallest absolute Gasteiger partial charge is 0.0339 e. The maximum atomic E-state index is 6.41. The van der Waals surface area contributed by atoms with Crippen LogP contribution in [0, 0.1) is 17.8 Å². The average molecular weight is 297 g/mol. The Morgan fingerprint density at radius 1 is 0.905 bits per heavy atom. The molecule has 0 aromatic heterocycles. The monoisotopic (exact) mass is 296 g/mol. The molecule has 0 unspecified atom stereocenters. The van der Waals surface area contributed by atoms with Crippen molar-refractivity contribution in [3.63, 3.8) is 0 Å². The van der Waals surface area contributed by atoms with Gasteiger partial charge in [-0.2, -0.15) is 0 Å². The second-order valence-electron chi connectivity index (χ2n) is 8.61. The minimum atomic E-state index is 0.210. The van der Waals surface area contributed by atoms with Crippen LogP contribution in [0.15, 0.2) is 0 Å². The number of nitrogens with two attached hydrogens (primary N) is 1. The topological polar surface area (TPSA) is 29.3 Å². The predicted octanol–water partition coefficient (Wildman–Crippen LogP) is 4.68. The van der Waals surface area contributed by atoms with E-state index >= 15 is 0 Å². The Morgan fingerprint density at radius 2 is 1.38 bits per heavy atom. The minimum Gasteiger partial charge on any atom is -0.329 e. The highest BCUT2D eigenvalue weighted by Gasteiger charge is 2.41. The molecule has 0 heterocycles. The Balaban J connectivity index is 3.06. The summed E-state index contributed by atoms with van der Waals surface area (Å²) in [4.78, 5) is 2.85. The van der Waals surface area contributed by atoms with Crippen molar-refractivity contribution in [1.29, 1.82) is 0 Å². The average Bonchev–Trinajstić information content (AvgIpc) is 2.87. The van der Waals surface area contributed by atoms with E-state index in [1.807, 2.05) is 0 Å². The van der Waals surface area contributed by atoms with Gasteiger partial charge in [-0.05, 0) is 43.4 Å². The third-order valence-corrected chi connectivity index (χ3v) is 4.89. The molecule has 0 spiro atoms. The van der Waals surface area contributed by atoms with Crippen molar-refractivity contribution in [2.45, 2.75) is 91.6 Å². The maximum absolute atomic E-state index is 6.41. The number of rotatable bonds is 9. The largest absolute Gasteiger partial charge is 0.329 e. The lowest BCUT2D eigenvalue weighted by atomic mass is 9.78. The van der Waals surface area contributed by atoms with Crippen LogP contribution in [0.5, 0.6) is 0 Å². The van der Waals surface area contributed by atoms with Crippen LogP contribution >= 0.6 is 0 Å². The summed E-state index contributed by atoms with van der Waals surface area (Å²) >= 11 is 0. The Kier molecular flexibility index (Phi) is 7.70. The molecule has 1 rings (SSSR count). The van der Waals surface area contributed by atoms with Crippen molar-refractivity contribution < 1.29 is 0 Å². The summed E-state index contributed by atoms with van der Waals surface area (Å²) in [5, 5.41) is 0. The van der Waals surface area contributed by atoms with E-state index in [-0.39, 0.29) is 5.54 Å². The van der Waals surface area contributed by atoms with Crippen LogP contribution in [0.4, 0.5) is 0 Å². The molecule has 0 aromatic carbocycles. The molecule has 1 aliphatic rings. The van der Waals surface area contributed by atoms with Gasteiger partial charge in [0.05, 0.1) is 0 Å². The Labute approximate surface area is 133 Å². The van der Waals surface area contributed by atoms with Gasteiger partial charge in [-0.1, -0.05) is 54.4 Å². The van der Waals surface area contributed by atoms with E-state index < -0.39 is 0 Å². The molecule has 21 heavy (non-hydrogen) atoms. The highest BCUT2D eigenvalue weighted by atomic mass is 15.2. The van der Waals surface area contributed by atoms with Crippen LogP contribution in [0.2, 0.25) is 0 Å². The first-order valence-corrected chi connectivity index (χ1v) is 9.27. The van der Waals surface area contributed by atoms with Crippen molar-refractivity contribution in [2.75, 3.05) is 13.1 Å². The standard InChI is InChI=1S/C19H40N2/c1-15(2)11-19(14-20,12-16(3)4)21(13-17(5)6)18-9-7-8-10-18/h15-18H,7-14,20H2,1-6H3. The van der Waals surface area contributed by atoms with Crippen molar-refractivity contribution in [3.8, 4) is 0 Å². The molecule has 0 amide bonds. The maximum Gasteiger partial charge on any atom is 0.0339 e. The lowest BCUT2D eigenvalue weighted by molar-refractivity contribution is 0.00761. The summed E-state index contributed by atoms with van der Waals surface area (Å²) in [6.07, 6.45) is 8.05. The van der Waals surface area contributed by atoms with Crippen LogP contribution < -0.4 is 5.73 Å². The molecule has 0 saturated heterocycles. The molecule has 0 bridgehead atoms. The second kappa shape index (κ2) is 8.53. The van der Waals surface area contributed by atoms with Crippen LogP contribution in [0.3, 0.4) is 0 Å². The first-order valence-electron chi connectivity index (χ1n) is 9.27. The van der Waals surface area contributed by atoms with Crippen LogP contribution in [-0.4, -0.2) is 29.6 Å². The molecule has 1 saturated carbocycles. The first kappa shape index (κ1) is 19.0. The first-order chi connectivity index (χ1) is 9.80. The van der Waals surface area contributed by atoms with Crippen molar-refractivity contribution in [2.24, 2.45) is 23.5 Å². The summed E-state index contributed by atoms with van der Waals surface area (Å²) < 4.78 is 0. The minimum absolute atomic E-state index is 0.210. The van der Waals surface area contributed by atoms with Gasteiger partial charge in [0.1, 0.15) is 0 Å².